The molecule has 3 aliphatic heterocycles. The second-order valence-corrected chi connectivity index (χ2v) is 62.5. The van der Waals surface area contributed by atoms with E-state index in [-0.39, 0.29) is 11.5 Å². The minimum absolute atomic E-state index is 0.289. The normalized spacial score (nSPS) is 15.3. The molecule has 3 heterocycles. The highest BCUT2D eigenvalue weighted by Gasteiger charge is 2.29. The molecule has 5 unspecified atom stereocenters. The molecule has 16 nitrogen and oxygen atoms in total. The summed E-state index contributed by atoms with van der Waals surface area (Å²) in [6.45, 7) is 68.0. The maximum atomic E-state index is 11.1. The highest BCUT2D eigenvalue weighted by molar-refractivity contribution is 7.99. The Kier molecular flexibility index (Phi) is 112. The van der Waals surface area contributed by atoms with E-state index in [1.807, 2.05) is 43.6 Å². The standard InChI is InChI=1S/C11H23NS.2C10H22O2S.2C10H22OS.C9H19NOS.C9H19NS.2C9H20O2S.2C9H20OS/c1-10(2)11-4-6-12(7-5-11)8-9-13-3;2*1-4-13(11,12)9-7-5-6-8-10(2)3;2*1-4-12(11)9-7-5-6-8-10(2)3;1-8(2)4-5-10-6-9(7-10)12(3)11;1-8(2)4-5-10-6-9(7-10)11-3;2*1-9(2)7-5-4-6-8-12(3,10)11;2*1-9(2)7-5-4-6-8-11(3)10/h10-11H,4-9H2,1-3H3;2*10H,4-9H2,1-3H3;2*10H,4-9H2,1-3H3;8-9H,4-7H2,1-3H3;8-9H,4-7H2,1-3H3;2*9H,4-8H2,1-3H3;2*9H,4-8H2,1-3H3. The maximum absolute atomic E-state index is 11.1. The summed E-state index contributed by atoms with van der Waals surface area (Å²) in [6, 6.07) is 0. The zero-order chi connectivity index (χ0) is 103. The van der Waals surface area contributed by atoms with Gasteiger partial charge < -0.3 is 14.7 Å². The number of hydrogen-bond acceptors (Lipinski definition) is 18. The summed E-state index contributed by atoms with van der Waals surface area (Å²) < 4.78 is 142. The first-order chi connectivity index (χ1) is 61.4. The monoisotopic (exact) mass is 2090 g/mol. The third kappa shape index (κ3) is 133. The van der Waals surface area contributed by atoms with Crippen molar-refractivity contribution in [1.29, 1.82) is 0 Å². The number of likely N-dealkylation sites (tertiary alicyclic amines) is 3. The molecule has 27 heteroatoms. The molecule has 0 amide bonds. The van der Waals surface area contributed by atoms with Crippen LogP contribution in [0.1, 0.15) is 411 Å². The first kappa shape index (κ1) is 148. The Bertz CT molecular complexity index is 2890. The van der Waals surface area contributed by atoms with E-state index in [1.54, 1.807) is 26.4 Å². The van der Waals surface area contributed by atoms with Gasteiger partial charge in [0.2, 0.25) is 0 Å². The van der Waals surface area contributed by atoms with Gasteiger partial charge >= 0.3 is 0 Å². The van der Waals surface area contributed by atoms with Crippen LogP contribution in [0.5, 0.6) is 0 Å². The molecule has 3 rings (SSSR count). The lowest BCUT2D eigenvalue weighted by molar-refractivity contribution is 0.165. The fraction of sp³-hybridized carbons (Fsp3) is 1.00. The lowest BCUT2D eigenvalue weighted by Gasteiger charge is -2.38. The Morgan fingerprint density at radius 2 is 0.561 bits per heavy atom. The molecule has 0 saturated carbocycles. The predicted octanol–water partition coefficient (Wildman–Crippen LogP) is 26.8. The summed E-state index contributed by atoms with van der Waals surface area (Å²) in [7, 11) is -13.7. The van der Waals surface area contributed by atoms with Crippen LogP contribution >= 0.6 is 23.5 Å². The average molecular weight is 2090 g/mol. The Morgan fingerprint density at radius 3 is 0.773 bits per heavy atom. The van der Waals surface area contributed by atoms with Crippen molar-refractivity contribution in [2.45, 2.75) is 422 Å². The van der Waals surface area contributed by atoms with Gasteiger partial charge in [-0.2, -0.15) is 23.5 Å². The summed E-state index contributed by atoms with van der Waals surface area (Å²) in [5, 5.41) is 1.39. The molecule has 132 heavy (non-hydrogen) atoms. The third-order valence-electron chi connectivity index (χ3n) is 23.2. The van der Waals surface area contributed by atoms with Crippen molar-refractivity contribution in [2.24, 2.45) is 71.0 Å². The van der Waals surface area contributed by atoms with Crippen molar-refractivity contribution >= 4 is 117 Å². The minimum Gasteiger partial charge on any atom is -0.302 e. The topological polar surface area (TPSA) is 232 Å². The second-order valence-electron chi connectivity index (χ2n) is 42.4. The molecule has 5 atom stereocenters. The number of piperidine rings is 1. The van der Waals surface area contributed by atoms with Crippen LogP contribution in [0.4, 0.5) is 0 Å². The number of hydrogen-bond donors (Lipinski definition) is 0. The van der Waals surface area contributed by atoms with E-state index in [4.69, 9.17) is 0 Å². The van der Waals surface area contributed by atoms with E-state index >= 15 is 0 Å². The molecule has 0 N–H and O–H groups in total. The van der Waals surface area contributed by atoms with Gasteiger partial charge in [0.05, 0.1) is 16.8 Å². The van der Waals surface area contributed by atoms with E-state index in [0.29, 0.717) is 28.3 Å². The van der Waals surface area contributed by atoms with Crippen molar-refractivity contribution in [3.8, 4) is 0 Å². The molecule has 3 fully saturated rings. The Morgan fingerprint density at radius 1 is 0.311 bits per heavy atom. The van der Waals surface area contributed by atoms with Crippen LogP contribution in [0, 0.1) is 71.0 Å². The van der Waals surface area contributed by atoms with E-state index in [2.05, 4.69) is 180 Å². The molecular weight excluding hydrogens is 1860 g/mol. The number of thioether (sulfide) groups is 2. The maximum Gasteiger partial charge on any atom is 0.150 e. The van der Waals surface area contributed by atoms with Gasteiger partial charge in [0.1, 0.15) is 39.3 Å². The molecular formula is C105H229N3O13S11. The van der Waals surface area contributed by atoms with Gasteiger partial charge in [-0.3, -0.25) is 21.0 Å². The van der Waals surface area contributed by atoms with Crippen LogP contribution in [-0.2, 0) is 93.3 Å². The van der Waals surface area contributed by atoms with Crippen LogP contribution in [0.2, 0.25) is 0 Å². The third-order valence-corrected chi connectivity index (χ3v) is 36.1. The summed E-state index contributed by atoms with van der Waals surface area (Å²) >= 11 is 3.97. The van der Waals surface area contributed by atoms with Gasteiger partial charge in [-0.15, -0.1) is 0 Å². The molecule has 0 aromatic heterocycles. The van der Waals surface area contributed by atoms with Crippen LogP contribution in [-0.4, -0.2) is 257 Å². The minimum atomic E-state index is -2.72. The Hall–Kier alpha value is 1.13. The zero-order valence-corrected chi connectivity index (χ0v) is 102. The average Bonchev–Trinajstić information content (AvgIpc) is 0.841. The van der Waals surface area contributed by atoms with Gasteiger partial charge in [-0.25, -0.2) is 33.7 Å². The summed E-state index contributed by atoms with van der Waals surface area (Å²) in [4.78, 5) is 7.57. The number of rotatable bonds is 64. The quantitative estimate of drug-likeness (QED) is 0.0515. The van der Waals surface area contributed by atoms with Crippen molar-refractivity contribution in [3.05, 3.63) is 0 Å². The van der Waals surface area contributed by atoms with E-state index in [9.17, 15) is 54.7 Å². The summed E-state index contributed by atoms with van der Waals surface area (Å²) in [5.41, 5.74) is 0. The number of unbranched alkanes of at least 4 members (excludes halogenated alkanes) is 16. The SMILES string of the molecule is CC(C)CCCCCS(C)(=O)=O.CC(C)CCCCCS(C)(=O)=O.CC(C)CCCCCS(C)=O.CC(C)CCCCCS(C)=O.CC(C)CCN1CC(S(C)=O)C1.CCS(=O)(=O)CCCCCC(C)C.CCS(=O)(=O)CCCCCC(C)C.CCS(=O)CCCCCC(C)C.CCS(=O)CCCCCC(C)C.CSC1CN(CCC(C)C)C1.CSCCN1CCC(C(C)C)CC1. The Balaban J connectivity index is -0.000000214. The highest BCUT2D eigenvalue weighted by Crippen LogP contribution is 2.25. The molecule has 0 spiro atoms. The molecule has 0 aromatic rings. The van der Waals surface area contributed by atoms with Gasteiger partial charge in [0.25, 0.3) is 0 Å². The van der Waals surface area contributed by atoms with Gasteiger partial charge in [-0.05, 0) is 187 Å². The zero-order valence-electron chi connectivity index (χ0n) is 93.2. The van der Waals surface area contributed by atoms with Crippen molar-refractivity contribution in [3.63, 3.8) is 0 Å². The lowest BCUT2D eigenvalue weighted by atomic mass is 9.87. The smallest absolute Gasteiger partial charge is 0.150 e. The van der Waals surface area contributed by atoms with Crippen LogP contribution in [0.3, 0.4) is 0 Å². The molecule has 808 valence electrons. The van der Waals surface area contributed by atoms with Gasteiger partial charge in [0, 0.05) is 187 Å². The van der Waals surface area contributed by atoms with Crippen LogP contribution in [0.15, 0.2) is 0 Å². The van der Waals surface area contributed by atoms with Gasteiger partial charge in [0.15, 0.2) is 0 Å². The second kappa shape index (κ2) is 99.5. The molecule has 0 bridgehead atoms. The summed E-state index contributed by atoms with van der Waals surface area (Å²) in [6.07, 6.45) is 54.9. The molecule has 3 saturated heterocycles. The van der Waals surface area contributed by atoms with Crippen molar-refractivity contribution < 1.29 is 54.7 Å². The fourth-order valence-corrected chi connectivity index (χ4v) is 21.8. The number of nitrogens with zero attached hydrogens (tertiary/aromatic N) is 3. The largest absolute Gasteiger partial charge is 0.302 e. The molecule has 0 aromatic carbocycles. The van der Waals surface area contributed by atoms with Crippen LogP contribution < -0.4 is 0 Å². The van der Waals surface area contributed by atoms with Crippen molar-refractivity contribution in [1.82, 2.24) is 14.7 Å². The fourth-order valence-electron chi connectivity index (χ4n) is 13.6. The summed E-state index contributed by atoms with van der Waals surface area (Å²) in [5.74, 6) is 18.4. The van der Waals surface area contributed by atoms with E-state index in [0.717, 1.165) is 227 Å². The highest BCUT2D eigenvalue weighted by atomic mass is 32.2. The molecule has 3 aliphatic rings. The van der Waals surface area contributed by atoms with Crippen molar-refractivity contribution in [2.75, 3.05) is 177 Å². The first-order valence-corrected chi connectivity index (χ1v) is 71.5. The van der Waals surface area contributed by atoms with E-state index < -0.39 is 93.3 Å². The molecule has 0 radical (unpaired) electrons. The van der Waals surface area contributed by atoms with Gasteiger partial charge in [-0.1, -0.05) is 334 Å². The van der Waals surface area contributed by atoms with Crippen LogP contribution in [0.25, 0.3) is 0 Å². The lowest BCUT2D eigenvalue weighted by Crippen LogP contribution is -2.52. The first-order valence-electron chi connectivity index (χ1n) is 53.0. The van der Waals surface area contributed by atoms with E-state index in [1.165, 1.54) is 192 Å². The Labute approximate surface area is 849 Å². The number of sulfone groups is 4. The predicted molar refractivity (Wildman–Crippen MR) is 609 cm³/mol. The molecule has 0 aliphatic carbocycles.